The molecule has 4 rings (SSSR count). The van der Waals surface area contributed by atoms with Crippen LogP contribution in [-0.4, -0.2) is 67.8 Å². The van der Waals surface area contributed by atoms with Gasteiger partial charge >= 0.3 is 0 Å². The van der Waals surface area contributed by atoms with E-state index < -0.39 is 0 Å². The van der Waals surface area contributed by atoms with Crippen molar-refractivity contribution in [3.8, 4) is 0 Å². The summed E-state index contributed by atoms with van der Waals surface area (Å²) in [7, 11) is 0. The van der Waals surface area contributed by atoms with E-state index in [1.807, 2.05) is 0 Å². The minimum atomic E-state index is 0.432. The summed E-state index contributed by atoms with van der Waals surface area (Å²) in [4.78, 5) is 5.20. The van der Waals surface area contributed by atoms with Gasteiger partial charge in [-0.15, -0.1) is 0 Å². The summed E-state index contributed by atoms with van der Waals surface area (Å²) in [6.07, 6.45) is 2.30. The van der Waals surface area contributed by atoms with Crippen molar-refractivity contribution < 1.29 is 4.74 Å². The van der Waals surface area contributed by atoms with Crippen LogP contribution in [-0.2, 0) is 4.74 Å². The Morgan fingerprint density at radius 1 is 1.12 bits per heavy atom. The fraction of sp³-hybridized carbons (Fsp3) is 1.00. The average molecular weight is 240 g/mol. The highest BCUT2D eigenvalue weighted by Gasteiger charge is 2.39. The zero-order valence-corrected chi connectivity index (χ0v) is 10.5. The number of fused-ring (bicyclic) bond motifs is 3. The lowest BCUT2D eigenvalue weighted by atomic mass is 9.85. The molecule has 5 heteroatoms. The van der Waals surface area contributed by atoms with Crippen LogP contribution in [0.1, 0.15) is 12.8 Å². The summed E-state index contributed by atoms with van der Waals surface area (Å²) in [5, 5.41) is 0. The second-order valence-electron chi connectivity index (χ2n) is 5.55. The molecule has 0 amide bonds. The number of nitrogens with one attached hydrogen (secondary N) is 1. The Morgan fingerprint density at radius 2 is 1.82 bits per heavy atom. The molecule has 4 saturated heterocycles. The number of piperazine rings is 3. The first kappa shape index (κ1) is 11.9. The number of hydrogen-bond donors (Lipinski definition) is 2. The molecular weight excluding hydrogens is 216 g/mol. The third-order valence-electron chi connectivity index (χ3n) is 4.70. The van der Waals surface area contributed by atoms with Gasteiger partial charge in [0.2, 0.25) is 0 Å². The molecule has 4 aliphatic heterocycles. The fourth-order valence-electron chi connectivity index (χ4n) is 3.63. The Morgan fingerprint density at radius 3 is 2.35 bits per heavy atom. The van der Waals surface area contributed by atoms with E-state index in [-0.39, 0.29) is 0 Å². The van der Waals surface area contributed by atoms with Crippen LogP contribution in [0.2, 0.25) is 0 Å². The second-order valence-corrected chi connectivity index (χ2v) is 5.55. The molecule has 0 aliphatic carbocycles. The van der Waals surface area contributed by atoms with Crippen LogP contribution in [0.15, 0.2) is 0 Å². The third kappa shape index (κ3) is 2.35. The highest BCUT2D eigenvalue weighted by molar-refractivity contribution is 4.97. The first-order valence-corrected chi connectivity index (χ1v) is 6.89. The second kappa shape index (κ2) is 5.20. The summed E-state index contributed by atoms with van der Waals surface area (Å²) in [6.45, 7) is 7.89. The predicted octanol–water partition coefficient (Wildman–Crippen LogP) is -0.755. The number of nitrogens with two attached hydrogens (primary N) is 1. The Hall–Kier alpha value is -0.200. The van der Waals surface area contributed by atoms with E-state index >= 15 is 0 Å². The normalized spacial score (nSPS) is 40.4. The highest BCUT2D eigenvalue weighted by Crippen LogP contribution is 2.26. The maximum Gasteiger partial charge on any atom is 0.0469 e. The third-order valence-corrected chi connectivity index (χ3v) is 4.70. The summed E-state index contributed by atoms with van der Waals surface area (Å²) in [5.74, 6) is 6.51. The molecule has 0 aromatic heterocycles. The van der Waals surface area contributed by atoms with Crippen LogP contribution >= 0.6 is 0 Å². The van der Waals surface area contributed by atoms with Gasteiger partial charge in [0.1, 0.15) is 0 Å². The summed E-state index contributed by atoms with van der Waals surface area (Å²) in [5.41, 5.74) is 3.10. The molecule has 3 N–H and O–H groups in total. The number of rotatable bonds is 3. The average Bonchev–Trinajstić information content (AvgIpc) is 2.42. The van der Waals surface area contributed by atoms with E-state index in [9.17, 15) is 0 Å². The number of hydrazine groups is 1. The maximum absolute atomic E-state index is 5.83. The molecule has 2 atom stereocenters. The Balaban J connectivity index is 1.67. The first-order valence-electron chi connectivity index (χ1n) is 6.89. The lowest BCUT2D eigenvalue weighted by Crippen LogP contribution is -2.68. The molecule has 4 heterocycles. The van der Waals surface area contributed by atoms with Crippen molar-refractivity contribution >= 4 is 0 Å². The zero-order chi connectivity index (χ0) is 11.7. The van der Waals surface area contributed by atoms with Crippen LogP contribution in [0.4, 0.5) is 0 Å². The van der Waals surface area contributed by atoms with Crippen molar-refractivity contribution in [1.29, 1.82) is 0 Å². The van der Waals surface area contributed by atoms with Gasteiger partial charge in [-0.1, -0.05) is 0 Å². The molecule has 98 valence electrons. The van der Waals surface area contributed by atoms with E-state index in [1.165, 1.54) is 32.7 Å². The first-order chi connectivity index (χ1) is 8.38. The molecule has 5 nitrogen and oxygen atoms in total. The lowest BCUT2D eigenvalue weighted by molar-refractivity contribution is -0.0287. The molecule has 2 unspecified atom stereocenters. The van der Waals surface area contributed by atoms with Gasteiger partial charge in [-0.25, -0.2) is 0 Å². The zero-order valence-electron chi connectivity index (χ0n) is 10.5. The Kier molecular flexibility index (Phi) is 3.63. The van der Waals surface area contributed by atoms with Gasteiger partial charge in [0.25, 0.3) is 0 Å². The van der Waals surface area contributed by atoms with Gasteiger partial charge in [-0.3, -0.25) is 21.1 Å². The van der Waals surface area contributed by atoms with E-state index in [1.54, 1.807) is 0 Å². The fourth-order valence-corrected chi connectivity index (χ4v) is 3.63. The van der Waals surface area contributed by atoms with Gasteiger partial charge in [0, 0.05) is 58.0 Å². The topological polar surface area (TPSA) is 53.8 Å². The van der Waals surface area contributed by atoms with Crippen LogP contribution in [0.3, 0.4) is 0 Å². The summed E-state index contributed by atoms with van der Waals surface area (Å²) in [6, 6.07) is 1.03. The molecule has 0 saturated carbocycles. The molecular formula is C12H24N4O. The molecule has 4 aliphatic rings. The standard InChI is InChI=1S/C12H24N4O/c13-14-12(10-1-7-17-8-2-10)11-9-15-3-5-16(11)6-4-15/h10-12,14H,1-9,13H2. The van der Waals surface area contributed by atoms with Crippen molar-refractivity contribution in [2.45, 2.75) is 24.9 Å². The molecule has 0 spiro atoms. The van der Waals surface area contributed by atoms with Gasteiger partial charge in [0.05, 0.1) is 0 Å². The van der Waals surface area contributed by atoms with Crippen molar-refractivity contribution in [2.24, 2.45) is 11.8 Å². The van der Waals surface area contributed by atoms with Gasteiger partial charge < -0.3 is 4.74 Å². The minimum Gasteiger partial charge on any atom is -0.381 e. The van der Waals surface area contributed by atoms with E-state index in [4.69, 9.17) is 10.6 Å². The molecule has 4 fully saturated rings. The van der Waals surface area contributed by atoms with E-state index in [2.05, 4.69) is 15.2 Å². The largest absolute Gasteiger partial charge is 0.381 e. The van der Waals surface area contributed by atoms with Crippen molar-refractivity contribution in [1.82, 2.24) is 15.2 Å². The number of hydrogen-bond acceptors (Lipinski definition) is 5. The summed E-state index contributed by atoms with van der Waals surface area (Å²) < 4.78 is 5.45. The van der Waals surface area contributed by atoms with Crippen LogP contribution < -0.4 is 11.3 Å². The summed E-state index contributed by atoms with van der Waals surface area (Å²) >= 11 is 0. The predicted molar refractivity (Wildman–Crippen MR) is 66.5 cm³/mol. The van der Waals surface area contributed by atoms with Crippen molar-refractivity contribution in [3.63, 3.8) is 0 Å². The Labute approximate surface area is 103 Å². The molecule has 2 bridgehead atoms. The van der Waals surface area contributed by atoms with Gasteiger partial charge in [-0.05, 0) is 18.8 Å². The monoisotopic (exact) mass is 240 g/mol. The quantitative estimate of drug-likeness (QED) is 0.502. The molecule has 0 radical (unpaired) electrons. The smallest absolute Gasteiger partial charge is 0.0469 e. The van der Waals surface area contributed by atoms with Gasteiger partial charge in [0.15, 0.2) is 0 Å². The molecule has 17 heavy (non-hydrogen) atoms. The van der Waals surface area contributed by atoms with E-state index in [0.717, 1.165) is 26.1 Å². The number of nitrogens with zero attached hydrogens (tertiary/aromatic N) is 2. The van der Waals surface area contributed by atoms with Crippen molar-refractivity contribution in [2.75, 3.05) is 45.9 Å². The Bertz CT molecular complexity index is 249. The van der Waals surface area contributed by atoms with Crippen LogP contribution in [0.5, 0.6) is 0 Å². The van der Waals surface area contributed by atoms with Crippen LogP contribution in [0.25, 0.3) is 0 Å². The van der Waals surface area contributed by atoms with E-state index in [0.29, 0.717) is 18.0 Å². The van der Waals surface area contributed by atoms with Crippen LogP contribution in [0, 0.1) is 5.92 Å². The van der Waals surface area contributed by atoms with Gasteiger partial charge in [-0.2, -0.15) is 0 Å². The minimum absolute atomic E-state index is 0.432. The molecule has 0 aromatic rings. The molecule has 0 aromatic carbocycles. The maximum atomic E-state index is 5.83. The highest BCUT2D eigenvalue weighted by atomic mass is 16.5. The lowest BCUT2D eigenvalue weighted by Gasteiger charge is -2.51. The SMILES string of the molecule is NNC(C1CCOCC1)C1CN2CCN1CC2. The van der Waals surface area contributed by atoms with Crippen molar-refractivity contribution in [3.05, 3.63) is 0 Å². The number of ether oxygens (including phenoxy) is 1.